The van der Waals surface area contributed by atoms with Gasteiger partial charge in [-0.15, -0.1) is 0 Å². The maximum absolute atomic E-state index is 14.8. The number of rotatable bonds is 9. The molecule has 0 aromatic heterocycles. The van der Waals surface area contributed by atoms with Gasteiger partial charge < -0.3 is 29.5 Å². The molecule has 0 saturated carbocycles. The normalized spacial score (nSPS) is 25.6. The van der Waals surface area contributed by atoms with E-state index in [-0.39, 0.29) is 24.8 Å². The smallest absolute Gasteiger partial charge is 0.314 e. The summed E-state index contributed by atoms with van der Waals surface area (Å²) in [5.41, 5.74) is 0.0276. The van der Waals surface area contributed by atoms with Gasteiger partial charge in [0.25, 0.3) is 5.91 Å². The monoisotopic (exact) mass is 572 g/mol. The highest BCUT2D eigenvalue weighted by atomic mass is 16.5. The first-order valence-corrected chi connectivity index (χ1v) is 14.6. The van der Waals surface area contributed by atoms with Crippen LogP contribution in [0.5, 0.6) is 17.2 Å². The van der Waals surface area contributed by atoms with E-state index >= 15 is 0 Å². The minimum Gasteiger partial charge on any atom is -0.493 e. The van der Waals surface area contributed by atoms with E-state index in [1.807, 2.05) is 65.6 Å². The summed E-state index contributed by atoms with van der Waals surface area (Å²) in [5.74, 6) is -0.339. The predicted molar refractivity (Wildman–Crippen MR) is 161 cm³/mol. The molecule has 0 aliphatic carbocycles. The average Bonchev–Trinajstić information content (AvgIpc) is 3.59. The Balaban J connectivity index is 1.78. The lowest BCUT2D eigenvalue weighted by molar-refractivity contribution is -0.152. The molecule has 2 N–H and O–H groups in total. The van der Waals surface area contributed by atoms with Gasteiger partial charge in [-0.05, 0) is 55.0 Å². The molecule has 4 unspecified atom stereocenters. The van der Waals surface area contributed by atoms with Gasteiger partial charge >= 0.3 is 5.97 Å². The summed E-state index contributed by atoms with van der Waals surface area (Å²) in [6.45, 7) is 3.88. The molecule has 8 nitrogen and oxygen atoms in total. The Bertz CT molecular complexity index is 1380. The first-order chi connectivity index (χ1) is 20.4. The lowest BCUT2D eigenvalue weighted by atomic mass is 9.52. The highest BCUT2D eigenvalue weighted by molar-refractivity contribution is 5.97. The van der Waals surface area contributed by atoms with Gasteiger partial charge in [0.2, 0.25) is 5.75 Å². The Hall–Kier alpha value is -4.04. The summed E-state index contributed by atoms with van der Waals surface area (Å²) in [6, 6.07) is 22.8. The van der Waals surface area contributed by atoms with Crippen LogP contribution in [0, 0.1) is 5.92 Å². The summed E-state index contributed by atoms with van der Waals surface area (Å²) in [5, 5.41) is 14.7. The van der Waals surface area contributed by atoms with Crippen molar-refractivity contribution in [3.05, 3.63) is 89.5 Å². The van der Waals surface area contributed by atoms with E-state index in [1.54, 1.807) is 12.1 Å². The second kappa shape index (κ2) is 12.1. The molecule has 0 radical (unpaired) electrons. The number of likely N-dealkylation sites (tertiary alicyclic amines) is 1. The van der Waals surface area contributed by atoms with E-state index in [0.717, 1.165) is 24.1 Å². The summed E-state index contributed by atoms with van der Waals surface area (Å²) in [7, 11) is 4.58. The zero-order chi connectivity index (χ0) is 29.9. The lowest BCUT2D eigenvalue weighted by Crippen LogP contribution is -2.69. The van der Waals surface area contributed by atoms with E-state index in [1.165, 1.54) is 21.3 Å². The van der Waals surface area contributed by atoms with Crippen molar-refractivity contribution in [2.45, 2.75) is 43.1 Å². The summed E-state index contributed by atoms with van der Waals surface area (Å²) < 4.78 is 16.7. The molecule has 42 heavy (non-hydrogen) atoms. The van der Waals surface area contributed by atoms with Gasteiger partial charge in [0.1, 0.15) is 5.41 Å². The Morgan fingerprint density at radius 2 is 1.57 bits per heavy atom. The van der Waals surface area contributed by atoms with Crippen LogP contribution < -0.4 is 19.5 Å². The third-order valence-corrected chi connectivity index (χ3v) is 9.52. The first kappa shape index (κ1) is 29.5. The van der Waals surface area contributed by atoms with Gasteiger partial charge in [-0.2, -0.15) is 0 Å². The van der Waals surface area contributed by atoms with Crippen molar-refractivity contribution in [1.29, 1.82) is 0 Å². The molecule has 4 atom stereocenters. The minimum absolute atomic E-state index is 0.0291. The number of nitrogens with one attached hydrogen (secondary N) is 1. The predicted octanol–water partition coefficient (Wildman–Crippen LogP) is 5.12. The number of methoxy groups -OCH3 is 3. The van der Waals surface area contributed by atoms with Crippen LogP contribution in [0.1, 0.15) is 53.6 Å². The van der Waals surface area contributed by atoms with E-state index in [4.69, 9.17) is 14.2 Å². The van der Waals surface area contributed by atoms with Crippen LogP contribution in [0.25, 0.3) is 0 Å². The molecule has 0 bridgehead atoms. The number of aliphatic carboxylic acids is 1. The second-order valence-corrected chi connectivity index (χ2v) is 11.1. The van der Waals surface area contributed by atoms with Crippen molar-refractivity contribution in [2.75, 3.05) is 41.0 Å². The molecule has 3 aromatic rings. The van der Waals surface area contributed by atoms with E-state index in [9.17, 15) is 14.7 Å². The Morgan fingerprint density at radius 3 is 2.07 bits per heavy atom. The zero-order valence-corrected chi connectivity index (χ0v) is 24.8. The molecule has 2 aliphatic heterocycles. The number of amides is 1. The molecule has 222 valence electrons. The molecule has 2 heterocycles. The number of carbonyl (C=O) groups is 2. The highest BCUT2D eigenvalue weighted by Crippen LogP contribution is 2.58. The standard InChI is InChI=1S/C34H40N2O6/c1-5-34(26-16-18-35-22-26)30(23-12-8-6-9-13-23)33(32(38)39,25-14-10-7-11-15-25)17-19-36(34)31(37)24-20-27(40-2)29(42-4)28(21-24)41-3/h6-15,20-21,26,30,35H,5,16-19,22H2,1-4H3,(H,38,39). The molecular weight excluding hydrogens is 532 g/mol. The molecule has 2 aliphatic rings. The molecule has 2 saturated heterocycles. The largest absolute Gasteiger partial charge is 0.493 e. The van der Waals surface area contributed by atoms with Gasteiger partial charge in [0.05, 0.1) is 26.9 Å². The van der Waals surface area contributed by atoms with Crippen molar-refractivity contribution in [3.8, 4) is 17.2 Å². The SMILES string of the molecule is CCC1(C2CCNC2)C(c2ccccc2)C(C(=O)O)(c2ccccc2)CCN1C(=O)c1cc(OC)c(OC)c(OC)c1. The number of ether oxygens (including phenoxy) is 3. The second-order valence-electron chi connectivity index (χ2n) is 11.1. The summed E-state index contributed by atoms with van der Waals surface area (Å²) >= 11 is 0. The molecule has 5 rings (SSSR count). The van der Waals surface area contributed by atoms with Gasteiger partial charge in [-0.25, -0.2) is 0 Å². The van der Waals surface area contributed by atoms with Gasteiger partial charge in [-0.3, -0.25) is 9.59 Å². The van der Waals surface area contributed by atoms with Gasteiger partial charge in [0.15, 0.2) is 11.5 Å². The van der Waals surface area contributed by atoms with E-state index in [0.29, 0.717) is 35.8 Å². The third-order valence-electron chi connectivity index (χ3n) is 9.52. The lowest BCUT2D eigenvalue weighted by Gasteiger charge is -2.61. The molecule has 3 aromatic carbocycles. The van der Waals surface area contributed by atoms with Crippen LogP contribution in [-0.2, 0) is 10.2 Å². The van der Waals surface area contributed by atoms with Crippen LogP contribution >= 0.6 is 0 Å². The number of carbonyl (C=O) groups excluding carboxylic acids is 1. The molecule has 2 fully saturated rings. The number of carboxylic acid groups (broad SMARTS) is 1. The van der Waals surface area contributed by atoms with Crippen molar-refractivity contribution < 1.29 is 28.9 Å². The molecule has 8 heteroatoms. The number of benzene rings is 3. The topological polar surface area (TPSA) is 97.3 Å². The van der Waals surface area contributed by atoms with E-state index < -0.39 is 22.8 Å². The maximum Gasteiger partial charge on any atom is 0.314 e. The van der Waals surface area contributed by atoms with Crippen molar-refractivity contribution >= 4 is 11.9 Å². The number of hydrogen-bond donors (Lipinski definition) is 2. The molecular formula is C34H40N2O6. The van der Waals surface area contributed by atoms with Crippen molar-refractivity contribution in [3.63, 3.8) is 0 Å². The van der Waals surface area contributed by atoms with Crippen molar-refractivity contribution in [2.24, 2.45) is 5.92 Å². The fourth-order valence-corrected chi connectivity index (χ4v) is 7.71. The Kier molecular flexibility index (Phi) is 8.45. The highest BCUT2D eigenvalue weighted by Gasteiger charge is 2.64. The quantitative estimate of drug-likeness (QED) is 0.367. The number of nitrogens with zero attached hydrogens (tertiary/aromatic N) is 1. The van der Waals surface area contributed by atoms with Crippen LogP contribution in [-0.4, -0.2) is 68.4 Å². The number of hydrogen-bond acceptors (Lipinski definition) is 6. The summed E-state index contributed by atoms with van der Waals surface area (Å²) in [6.07, 6.45) is 1.68. The number of piperidine rings is 1. The fraction of sp³-hybridized carbons (Fsp3) is 0.412. The Morgan fingerprint density at radius 1 is 0.952 bits per heavy atom. The van der Waals surface area contributed by atoms with Crippen LogP contribution in [0.15, 0.2) is 72.8 Å². The van der Waals surface area contributed by atoms with Crippen molar-refractivity contribution in [1.82, 2.24) is 10.2 Å². The van der Waals surface area contributed by atoms with Gasteiger partial charge in [-0.1, -0.05) is 67.6 Å². The zero-order valence-electron chi connectivity index (χ0n) is 24.8. The van der Waals surface area contributed by atoms with Crippen LogP contribution in [0.4, 0.5) is 0 Å². The first-order valence-electron chi connectivity index (χ1n) is 14.6. The number of carboxylic acids is 1. The fourth-order valence-electron chi connectivity index (χ4n) is 7.71. The maximum atomic E-state index is 14.8. The Labute approximate surface area is 247 Å². The molecule has 0 spiro atoms. The van der Waals surface area contributed by atoms with E-state index in [2.05, 4.69) is 12.2 Å². The summed E-state index contributed by atoms with van der Waals surface area (Å²) in [4.78, 5) is 30.4. The third kappa shape index (κ3) is 4.58. The van der Waals surface area contributed by atoms with Crippen LogP contribution in [0.2, 0.25) is 0 Å². The molecule has 1 amide bonds. The average molecular weight is 573 g/mol. The van der Waals surface area contributed by atoms with Crippen LogP contribution in [0.3, 0.4) is 0 Å². The van der Waals surface area contributed by atoms with Gasteiger partial charge in [0, 0.05) is 24.6 Å². The minimum atomic E-state index is -1.24.